The predicted octanol–water partition coefficient (Wildman–Crippen LogP) is 6.91. The summed E-state index contributed by atoms with van der Waals surface area (Å²) in [5.74, 6) is 3.39. The highest BCUT2D eigenvalue weighted by atomic mass is 16.2. The van der Waals surface area contributed by atoms with Gasteiger partial charge in [0.1, 0.15) is 0 Å². The Labute approximate surface area is 218 Å². The summed E-state index contributed by atoms with van der Waals surface area (Å²) in [4.78, 5) is 29.5. The first-order chi connectivity index (χ1) is 18.1. The monoisotopic (exact) mass is 495 g/mol. The molecule has 5 aliphatic carbocycles. The topological polar surface area (TPSA) is 74.0 Å². The molecular weight excluding hydrogens is 458 g/mol. The fraction of sp³-hybridized carbons (Fsp3) is 0.500. The van der Waals surface area contributed by atoms with Crippen LogP contribution in [-0.2, 0) is 4.79 Å². The fourth-order valence-electron chi connectivity index (χ4n) is 8.25. The van der Waals surface area contributed by atoms with Crippen molar-refractivity contribution in [2.75, 3.05) is 5.32 Å². The van der Waals surface area contributed by atoms with E-state index in [-0.39, 0.29) is 17.7 Å². The van der Waals surface area contributed by atoms with Gasteiger partial charge >= 0.3 is 0 Å². The molecule has 2 aromatic carbocycles. The summed E-state index contributed by atoms with van der Waals surface area (Å²) in [6.07, 6.45) is 12.3. The van der Waals surface area contributed by atoms with Gasteiger partial charge in [0.25, 0.3) is 5.91 Å². The van der Waals surface area contributed by atoms with Gasteiger partial charge in [-0.25, -0.2) is 0 Å². The highest BCUT2D eigenvalue weighted by molar-refractivity contribution is 5.99. The molecule has 0 spiro atoms. The molecular formula is C32H37N3O2. The summed E-state index contributed by atoms with van der Waals surface area (Å²) in [7, 11) is 0. The van der Waals surface area contributed by atoms with Crippen LogP contribution in [0.3, 0.4) is 0 Å². The Morgan fingerprint density at radius 3 is 2.19 bits per heavy atom. The zero-order chi connectivity index (χ0) is 24.9. The number of fused-ring (bicyclic) bond motifs is 1. The van der Waals surface area contributed by atoms with Crippen LogP contribution in [0.1, 0.15) is 74.6 Å². The van der Waals surface area contributed by atoms with Gasteiger partial charge in [0.15, 0.2) is 0 Å². The minimum atomic E-state index is 0.0178. The van der Waals surface area contributed by atoms with Crippen molar-refractivity contribution in [1.29, 1.82) is 0 Å². The Balaban J connectivity index is 1.03. The first kappa shape index (κ1) is 23.1. The first-order valence-electron chi connectivity index (χ1n) is 14.4. The lowest BCUT2D eigenvalue weighted by Crippen LogP contribution is -2.49. The molecule has 5 heteroatoms. The van der Waals surface area contributed by atoms with Gasteiger partial charge < -0.3 is 15.6 Å². The van der Waals surface area contributed by atoms with E-state index in [2.05, 4.69) is 33.8 Å². The lowest BCUT2D eigenvalue weighted by Gasteiger charge is -2.53. The van der Waals surface area contributed by atoms with Crippen LogP contribution in [0.25, 0.3) is 22.2 Å². The number of hydrogen-bond acceptors (Lipinski definition) is 2. The van der Waals surface area contributed by atoms with Crippen LogP contribution in [0, 0.1) is 29.6 Å². The van der Waals surface area contributed by atoms with E-state index in [0.29, 0.717) is 23.4 Å². The molecule has 5 fully saturated rings. The van der Waals surface area contributed by atoms with E-state index >= 15 is 0 Å². The van der Waals surface area contributed by atoms with E-state index in [1.54, 1.807) is 0 Å². The maximum absolute atomic E-state index is 13.2. The number of aromatic amines is 1. The molecule has 0 unspecified atom stereocenters. The quantitative estimate of drug-likeness (QED) is 0.360. The number of benzene rings is 2. The minimum absolute atomic E-state index is 0.0178. The largest absolute Gasteiger partial charge is 0.355 e. The molecule has 0 radical (unpaired) electrons. The SMILES string of the molecule is O=C(NC1CCCCC1)c1ccc2cc(-c3ccc(NC(=O)C4C5CC6CC(C5)CC4C6)cc3)[nH]c2c1. The number of H-pyrrole nitrogens is 1. The fourth-order valence-corrected chi connectivity index (χ4v) is 8.25. The number of nitrogens with one attached hydrogen (secondary N) is 3. The van der Waals surface area contributed by atoms with Crippen molar-refractivity contribution >= 4 is 28.4 Å². The average molecular weight is 496 g/mol. The van der Waals surface area contributed by atoms with E-state index in [1.807, 2.05) is 30.3 Å². The number of amides is 2. The lowest BCUT2D eigenvalue weighted by molar-refractivity contribution is -0.132. The highest BCUT2D eigenvalue weighted by Gasteiger charge is 2.50. The van der Waals surface area contributed by atoms with Crippen molar-refractivity contribution in [3.05, 3.63) is 54.1 Å². The molecule has 3 N–H and O–H groups in total. The molecule has 8 rings (SSSR count). The van der Waals surface area contributed by atoms with Crippen LogP contribution in [0.5, 0.6) is 0 Å². The Morgan fingerprint density at radius 2 is 1.49 bits per heavy atom. The summed E-state index contributed by atoms with van der Waals surface area (Å²) >= 11 is 0. The van der Waals surface area contributed by atoms with Gasteiger partial charge in [0.05, 0.1) is 0 Å². The second-order valence-corrected chi connectivity index (χ2v) is 12.3. The summed E-state index contributed by atoms with van der Waals surface area (Å²) in [5, 5.41) is 7.53. The standard InChI is InChI=1S/C32H37N3O2/c36-31(33-26-4-2-1-3-5-26)23-7-6-22-17-28(35-29(22)18-23)21-8-10-27(11-9-21)34-32(37)30-24-13-19-12-20(15-24)16-25(30)14-19/h6-11,17-20,24-26,30,35H,1-5,12-16H2,(H,33,36)(H,34,37). The smallest absolute Gasteiger partial charge is 0.251 e. The van der Waals surface area contributed by atoms with Crippen molar-refractivity contribution in [2.45, 2.75) is 70.3 Å². The van der Waals surface area contributed by atoms with Crippen molar-refractivity contribution in [3.63, 3.8) is 0 Å². The molecule has 1 aromatic heterocycles. The van der Waals surface area contributed by atoms with Crippen molar-refractivity contribution in [1.82, 2.24) is 10.3 Å². The number of rotatable bonds is 5. The maximum atomic E-state index is 13.2. The number of anilines is 1. The molecule has 4 bridgehead atoms. The van der Waals surface area contributed by atoms with E-state index in [1.165, 1.54) is 51.4 Å². The van der Waals surface area contributed by atoms with Gasteiger partial charge in [0.2, 0.25) is 5.91 Å². The zero-order valence-electron chi connectivity index (χ0n) is 21.5. The van der Waals surface area contributed by atoms with Gasteiger partial charge in [-0.2, -0.15) is 0 Å². The second kappa shape index (κ2) is 9.34. The van der Waals surface area contributed by atoms with Crippen LogP contribution in [0.4, 0.5) is 5.69 Å². The molecule has 37 heavy (non-hydrogen) atoms. The van der Waals surface area contributed by atoms with Gasteiger partial charge in [0, 0.05) is 39.8 Å². The third kappa shape index (κ3) is 4.47. The van der Waals surface area contributed by atoms with E-state index in [9.17, 15) is 9.59 Å². The maximum Gasteiger partial charge on any atom is 0.251 e. The second-order valence-electron chi connectivity index (χ2n) is 12.3. The Kier molecular flexibility index (Phi) is 5.82. The lowest BCUT2D eigenvalue weighted by atomic mass is 9.51. The molecule has 192 valence electrons. The van der Waals surface area contributed by atoms with E-state index in [0.717, 1.165) is 52.5 Å². The first-order valence-corrected chi connectivity index (χ1v) is 14.4. The summed E-state index contributed by atoms with van der Waals surface area (Å²) in [5.41, 5.74) is 4.62. The third-order valence-corrected chi connectivity index (χ3v) is 9.82. The van der Waals surface area contributed by atoms with Gasteiger partial charge in [-0.15, -0.1) is 0 Å². The number of carbonyl (C=O) groups is 2. The van der Waals surface area contributed by atoms with Gasteiger partial charge in [-0.05, 0) is 105 Å². The average Bonchev–Trinajstić information content (AvgIpc) is 3.33. The molecule has 5 nitrogen and oxygen atoms in total. The molecule has 2 amide bonds. The van der Waals surface area contributed by atoms with E-state index < -0.39 is 0 Å². The summed E-state index contributed by atoms with van der Waals surface area (Å²) in [6.45, 7) is 0. The summed E-state index contributed by atoms with van der Waals surface area (Å²) < 4.78 is 0. The van der Waals surface area contributed by atoms with Gasteiger partial charge in [-0.1, -0.05) is 37.5 Å². The molecule has 0 atom stereocenters. The summed E-state index contributed by atoms with van der Waals surface area (Å²) in [6, 6.07) is 16.5. The van der Waals surface area contributed by atoms with Crippen LogP contribution >= 0.6 is 0 Å². The molecule has 5 saturated carbocycles. The van der Waals surface area contributed by atoms with Crippen molar-refractivity contribution in [3.8, 4) is 11.3 Å². The Morgan fingerprint density at radius 1 is 0.784 bits per heavy atom. The highest BCUT2D eigenvalue weighted by Crippen LogP contribution is 2.56. The molecule has 0 aliphatic heterocycles. The van der Waals surface area contributed by atoms with Crippen molar-refractivity contribution in [2.24, 2.45) is 29.6 Å². The van der Waals surface area contributed by atoms with Crippen LogP contribution in [0.15, 0.2) is 48.5 Å². The Hall–Kier alpha value is -3.08. The number of carbonyl (C=O) groups excluding carboxylic acids is 2. The molecule has 5 aliphatic rings. The number of aromatic nitrogens is 1. The number of hydrogen-bond donors (Lipinski definition) is 3. The predicted molar refractivity (Wildman–Crippen MR) is 147 cm³/mol. The Bertz CT molecular complexity index is 1290. The van der Waals surface area contributed by atoms with Gasteiger partial charge in [-0.3, -0.25) is 9.59 Å². The molecule has 1 heterocycles. The van der Waals surface area contributed by atoms with Crippen molar-refractivity contribution < 1.29 is 9.59 Å². The molecule has 0 saturated heterocycles. The molecule has 3 aromatic rings. The van der Waals surface area contributed by atoms with Crippen LogP contribution in [-0.4, -0.2) is 22.8 Å². The van der Waals surface area contributed by atoms with Crippen LogP contribution in [0.2, 0.25) is 0 Å². The third-order valence-electron chi connectivity index (χ3n) is 9.82. The normalized spacial score (nSPS) is 28.9. The minimum Gasteiger partial charge on any atom is -0.355 e. The van der Waals surface area contributed by atoms with Crippen LogP contribution < -0.4 is 10.6 Å². The zero-order valence-corrected chi connectivity index (χ0v) is 21.5. The van der Waals surface area contributed by atoms with E-state index in [4.69, 9.17) is 0 Å².